The Hall–Kier alpha value is -0.840. The van der Waals surface area contributed by atoms with Crippen LogP contribution in [0.3, 0.4) is 0 Å². The fourth-order valence-electron chi connectivity index (χ4n) is 1.29. The Bertz CT molecular complexity index is 359. The number of Topliss-reactive ketones (excluding diaryl/α,β-unsaturated/α-hetero) is 1. The van der Waals surface area contributed by atoms with Crippen LogP contribution in [-0.2, 0) is 0 Å². The van der Waals surface area contributed by atoms with Gasteiger partial charge in [-0.2, -0.15) is 0 Å². The van der Waals surface area contributed by atoms with Crippen molar-refractivity contribution in [1.82, 2.24) is 0 Å². The number of benzene rings is 1. The van der Waals surface area contributed by atoms with Crippen LogP contribution < -0.4 is 0 Å². The SMILES string of the molecule is CC(C)C(=O)c1ccc(SCC(O)CO)cc1. The molecule has 94 valence electrons. The molecule has 3 nitrogen and oxygen atoms in total. The van der Waals surface area contributed by atoms with Gasteiger partial charge in [-0.05, 0) is 12.1 Å². The molecule has 1 atom stereocenters. The minimum absolute atomic E-state index is 0.00436. The number of rotatable bonds is 6. The molecule has 0 fully saturated rings. The van der Waals surface area contributed by atoms with E-state index >= 15 is 0 Å². The molecule has 17 heavy (non-hydrogen) atoms. The molecule has 1 aromatic carbocycles. The van der Waals surface area contributed by atoms with E-state index in [1.807, 2.05) is 26.0 Å². The van der Waals surface area contributed by atoms with Crippen molar-refractivity contribution in [3.63, 3.8) is 0 Å². The summed E-state index contributed by atoms with van der Waals surface area (Å²) in [6.07, 6.45) is -0.697. The van der Waals surface area contributed by atoms with Gasteiger partial charge in [-0.15, -0.1) is 11.8 Å². The van der Waals surface area contributed by atoms with Crippen LogP contribution in [0, 0.1) is 5.92 Å². The molecule has 2 N–H and O–H groups in total. The van der Waals surface area contributed by atoms with Gasteiger partial charge in [0.05, 0.1) is 12.7 Å². The van der Waals surface area contributed by atoms with Gasteiger partial charge in [0, 0.05) is 22.1 Å². The summed E-state index contributed by atoms with van der Waals surface area (Å²) in [5.74, 6) is 0.593. The highest BCUT2D eigenvalue weighted by molar-refractivity contribution is 7.99. The lowest BCUT2D eigenvalue weighted by Gasteiger charge is -2.08. The lowest BCUT2D eigenvalue weighted by Crippen LogP contribution is -2.14. The highest BCUT2D eigenvalue weighted by Gasteiger charge is 2.10. The summed E-state index contributed by atoms with van der Waals surface area (Å²) in [5, 5.41) is 17.9. The van der Waals surface area contributed by atoms with E-state index in [4.69, 9.17) is 5.11 Å². The molecule has 0 heterocycles. The van der Waals surface area contributed by atoms with Crippen molar-refractivity contribution in [3.8, 4) is 0 Å². The average Bonchev–Trinajstić information content (AvgIpc) is 2.35. The number of aliphatic hydroxyl groups excluding tert-OH is 2. The topological polar surface area (TPSA) is 57.5 Å². The summed E-state index contributed by atoms with van der Waals surface area (Å²) in [7, 11) is 0. The summed E-state index contributed by atoms with van der Waals surface area (Å²) in [6.45, 7) is 3.53. The maximum atomic E-state index is 11.7. The zero-order valence-electron chi connectivity index (χ0n) is 10.1. The molecule has 0 aromatic heterocycles. The molecule has 1 rings (SSSR count). The van der Waals surface area contributed by atoms with E-state index in [1.165, 1.54) is 11.8 Å². The second-order valence-electron chi connectivity index (χ2n) is 4.19. The quantitative estimate of drug-likeness (QED) is 0.602. The first-order chi connectivity index (χ1) is 8.04. The molecule has 0 spiro atoms. The van der Waals surface area contributed by atoms with Crippen molar-refractivity contribution in [3.05, 3.63) is 29.8 Å². The first kappa shape index (κ1) is 14.2. The molecular formula is C13H18O3S. The third-order valence-corrected chi connectivity index (χ3v) is 3.47. The second-order valence-corrected chi connectivity index (χ2v) is 5.28. The Kier molecular flexibility index (Phi) is 5.68. The van der Waals surface area contributed by atoms with Gasteiger partial charge in [0.2, 0.25) is 0 Å². The molecule has 0 saturated heterocycles. The van der Waals surface area contributed by atoms with Crippen LogP contribution in [0.2, 0.25) is 0 Å². The number of carbonyl (C=O) groups excluding carboxylic acids is 1. The van der Waals surface area contributed by atoms with Crippen LogP contribution in [0.5, 0.6) is 0 Å². The van der Waals surface area contributed by atoms with Crippen LogP contribution in [0.4, 0.5) is 0 Å². The monoisotopic (exact) mass is 254 g/mol. The minimum Gasteiger partial charge on any atom is -0.394 e. The number of hydrogen-bond acceptors (Lipinski definition) is 4. The maximum absolute atomic E-state index is 11.7. The predicted molar refractivity (Wildman–Crippen MR) is 69.4 cm³/mol. The van der Waals surface area contributed by atoms with Gasteiger partial charge in [0.15, 0.2) is 5.78 Å². The molecule has 0 aliphatic rings. The molecule has 0 saturated carbocycles. The third kappa shape index (κ3) is 4.50. The van der Waals surface area contributed by atoms with E-state index < -0.39 is 6.10 Å². The molecule has 0 bridgehead atoms. The second kappa shape index (κ2) is 6.79. The Labute approximate surface area is 106 Å². The highest BCUT2D eigenvalue weighted by atomic mass is 32.2. The smallest absolute Gasteiger partial charge is 0.165 e. The number of aliphatic hydroxyl groups is 2. The fourth-order valence-corrected chi connectivity index (χ4v) is 2.11. The van der Waals surface area contributed by atoms with Gasteiger partial charge in [-0.25, -0.2) is 0 Å². The zero-order chi connectivity index (χ0) is 12.8. The molecule has 0 aliphatic carbocycles. The third-order valence-electron chi connectivity index (χ3n) is 2.32. The number of ketones is 1. The highest BCUT2D eigenvalue weighted by Crippen LogP contribution is 2.20. The Morgan fingerprint density at radius 3 is 2.35 bits per heavy atom. The normalized spacial score (nSPS) is 12.8. The molecule has 0 aliphatic heterocycles. The fraction of sp³-hybridized carbons (Fsp3) is 0.462. The van der Waals surface area contributed by atoms with Crippen molar-refractivity contribution >= 4 is 17.5 Å². The van der Waals surface area contributed by atoms with Crippen LogP contribution in [0.25, 0.3) is 0 Å². The summed E-state index contributed by atoms with van der Waals surface area (Å²) in [6, 6.07) is 7.33. The van der Waals surface area contributed by atoms with Gasteiger partial charge in [0.25, 0.3) is 0 Å². The molecule has 4 heteroatoms. The van der Waals surface area contributed by atoms with Crippen molar-refractivity contribution < 1.29 is 15.0 Å². The van der Waals surface area contributed by atoms with Crippen molar-refractivity contribution in [2.45, 2.75) is 24.8 Å². The van der Waals surface area contributed by atoms with Crippen molar-refractivity contribution in [2.24, 2.45) is 5.92 Å². The predicted octanol–water partition coefficient (Wildman–Crippen LogP) is 1.97. The summed E-state index contributed by atoms with van der Waals surface area (Å²) in [4.78, 5) is 12.7. The Morgan fingerprint density at radius 2 is 1.88 bits per heavy atom. The molecular weight excluding hydrogens is 236 g/mol. The van der Waals surface area contributed by atoms with Gasteiger partial charge in [0.1, 0.15) is 0 Å². The summed E-state index contributed by atoms with van der Waals surface area (Å²) in [5.41, 5.74) is 0.715. The van der Waals surface area contributed by atoms with E-state index in [1.54, 1.807) is 12.1 Å². The van der Waals surface area contributed by atoms with Gasteiger partial charge in [-0.3, -0.25) is 4.79 Å². The van der Waals surface area contributed by atoms with Crippen LogP contribution >= 0.6 is 11.8 Å². The summed E-state index contributed by atoms with van der Waals surface area (Å²) >= 11 is 1.46. The van der Waals surface area contributed by atoms with Gasteiger partial charge >= 0.3 is 0 Å². The van der Waals surface area contributed by atoms with E-state index in [-0.39, 0.29) is 18.3 Å². The average molecular weight is 254 g/mol. The standard InChI is InChI=1S/C13H18O3S/c1-9(2)13(16)10-3-5-12(6-4-10)17-8-11(15)7-14/h3-6,9,11,14-15H,7-8H2,1-2H3. The van der Waals surface area contributed by atoms with Crippen LogP contribution in [0.15, 0.2) is 29.2 Å². The van der Waals surface area contributed by atoms with Crippen molar-refractivity contribution in [2.75, 3.05) is 12.4 Å². The lowest BCUT2D eigenvalue weighted by atomic mass is 10.0. The first-order valence-corrected chi connectivity index (χ1v) is 6.59. The van der Waals surface area contributed by atoms with E-state index in [0.717, 1.165) is 4.90 Å². The molecule has 0 amide bonds. The first-order valence-electron chi connectivity index (χ1n) is 5.60. The Balaban J connectivity index is 2.59. The van der Waals surface area contributed by atoms with Crippen LogP contribution in [0.1, 0.15) is 24.2 Å². The number of hydrogen-bond donors (Lipinski definition) is 2. The summed E-state index contributed by atoms with van der Waals surface area (Å²) < 4.78 is 0. The largest absolute Gasteiger partial charge is 0.394 e. The van der Waals surface area contributed by atoms with E-state index in [9.17, 15) is 9.90 Å². The van der Waals surface area contributed by atoms with E-state index in [2.05, 4.69) is 0 Å². The Morgan fingerprint density at radius 1 is 1.29 bits per heavy atom. The maximum Gasteiger partial charge on any atom is 0.165 e. The van der Waals surface area contributed by atoms with Gasteiger partial charge < -0.3 is 10.2 Å². The lowest BCUT2D eigenvalue weighted by molar-refractivity contribution is 0.0939. The number of thioether (sulfide) groups is 1. The van der Waals surface area contributed by atoms with Crippen LogP contribution in [-0.4, -0.2) is 34.5 Å². The number of carbonyl (C=O) groups is 1. The van der Waals surface area contributed by atoms with Crippen molar-refractivity contribution in [1.29, 1.82) is 0 Å². The molecule has 0 radical (unpaired) electrons. The minimum atomic E-state index is -0.697. The molecule has 1 unspecified atom stereocenters. The molecule has 1 aromatic rings. The van der Waals surface area contributed by atoms with Gasteiger partial charge in [-0.1, -0.05) is 26.0 Å². The zero-order valence-corrected chi connectivity index (χ0v) is 10.9. The van der Waals surface area contributed by atoms with E-state index in [0.29, 0.717) is 11.3 Å².